The highest BCUT2D eigenvalue weighted by atomic mass is 16.5. The van der Waals surface area contributed by atoms with Gasteiger partial charge in [-0.2, -0.15) is 0 Å². The second kappa shape index (κ2) is 35.2. The third-order valence-electron chi connectivity index (χ3n) is 9.36. The normalized spacial score (nSPS) is 12.7. The van der Waals surface area contributed by atoms with Crippen LogP contribution in [0.2, 0.25) is 0 Å². The summed E-state index contributed by atoms with van der Waals surface area (Å²) in [6.07, 6.45) is 29.1. The zero-order chi connectivity index (χ0) is 41.1. The molecule has 320 valence electrons. The van der Waals surface area contributed by atoms with Crippen LogP contribution >= 0.6 is 0 Å². The number of carbonyl (C=O) groups excluding carboxylic acids is 4. The summed E-state index contributed by atoms with van der Waals surface area (Å²) in [5.41, 5.74) is 0. The highest BCUT2D eigenvalue weighted by Crippen LogP contribution is 2.15. The van der Waals surface area contributed by atoms with Crippen molar-refractivity contribution in [2.45, 2.75) is 206 Å². The molecule has 0 radical (unpaired) electrons. The Balaban J connectivity index is 0. The molecule has 0 N–H and O–H groups in total. The van der Waals surface area contributed by atoms with Crippen molar-refractivity contribution in [3.05, 3.63) is 0 Å². The zero-order valence-electron chi connectivity index (χ0n) is 36.5. The van der Waals surface area contributed by atoms with Gasteiger partial charge in [0.25, 0.3) is 0 Å². The Morgan fingerprint density at radius 1 is 0.407 bits per heavy atom. The molecule has 0 saturated heterocycles. The van der Waals surface area contributed by atoms with E-state index in [1.165, 1.54) is 116 Å². The number of unbranched alkanes of at least 4 members (excludes halogenated alkanes) is 22. The lowest BCUT2D eigenvalue weighted by Crippen LogP contribution is -2.45. The summed E-state index contributed by atoms with van der Waals surface area (Å²) < 4.78 is 11.8. The van der Waals surface area contributed by atoms with Crippen molar-refractivity contribution in [2.24, 2.45) is 0 Å². The molecular weight excluding hydrogens is 684 g/mol. The molecule has 0 amide bonds. The molecule has 0 fully saturated rings. The molecule has 0 aliphatic rings. The van der Waals surface area contributed by atoms with E-state index < -0.39 is 24.1 Å². The number of quaternary nitrogens is 2. The SMILES string of the molecule is CCCCCCCCCCCCCC(=O)OC(CC(=O)[O-])C[N+](C)(C)C.CCCCCCCCCCCCCCCC(=O)OC(CC(=O)[O-])C[N+](C)(C)C. The van der Waals surface area contributed by atoms with Crippen molar-refractivity contribution in [1.82, 2.24) is 0 Å². The molecule has 10 heteroatoms. The zero-order valence-corrected chi connectivity index (χ0v) is 36.5. The predicted octanol–water partition coefficient (Wildman–Crippen LogP) is 7.67. The second-order valence-corrected chi connectivity index (χ2v) is 17.6. The van der Waals surface area contributed by atoms with E-state index in [0.29, 0.717) is 34.9 Å². The van der Waals surface area contributed by atoms with E-state index in [2.05, 4.69) is 13.8 Å². The first-order valence-electron chi connectivity index (χ1n) is 21.9. The number of carbonyl (C=O) groups is 4. The van der Waals surface area contributed by atoms with E-state index in [1.807, 2.05) is 42.3 Å². The number of hydrogen-bond acceptors (Lipinski definition) is 8. The predicted molar refractivity (Wildman–Crippen MR) is 216 cm³/mol. The van der Waals surface area contributed by atoms with Crippen molar-refractivity contribution >= 4 is 23.9 Å². The molecule has 0 aliphatic carbocycles. The maximum absolute atomic E-state index is 12.0. The quantitative estimate of drug-likeness (QED) is 0.0360. The van der Waals surface area contributed by atoms with Crippen LogP contribution in [0.1, 0.15) is 194 Å². The van der Waals surface area contributed by atoms with E-state index >= 15 is 0 Å². The standard InChI is InChI=1S/C23H45NO4.C21H41NO4/c1-5-6-7-8-9-10-11-12-13-14-15-16-17-18-23(27)28-21(19-22(25)26)20-24(2,3)4;1-5-6-7-8-9-10-11-12-13-14-15-16-21(25)26-19(17-20(23)24)18-22(2,3)4/h21H,5-20H2,1-4H3;19H,5-18H2,1-4H3. The first-order valence-corrected chi connectivity index (χ1v) is 21.9. The van der Waals surface area contributed by atoms with Gasteiger partial charge in [-0.05, 0) is 12.8 Å². The summed E-state index contributed by atoms with van der Waals surface area (Å²) in [5.74, 6) is -2.93. The largest absolute Gasteiger partial charge is 0.550 e. The smallest absolute Gasteiger partial charge is 0.306 e. The van der Waals surface area contributed by atoms with Crippen LogP contribution < -0.4 is 10.2 Å². The Morgan fingerprint density at radius 2 is 0.630 bits per heavy atom. The van der Waals surface area contributed by atoms with Crippen molar-refractivity contribution in [1.29, 1.82) is 0 Å². The second-order valence-electron chi connectivity index (χ2n) is 17.6. The molecule has 54 heavy (non-hydrogen) atoms. The number of nitrogens with zero attached hydrogens (tertiary/aromatic N) is 2. The Labute approximate surface area is 332 Å². The number of rotatable bonds is 36. The maximum atomic E-state index is 12.0. The maximum Gasteiger partial charge on any atom is 0.306 e. The van der Waals surface area contributed by atoms with E-state index in [9.17, 15) is 29.4 Å². The van der Waals surface area contributed by atoms with Gasteiger partial charge in [-0.1, -0.05) is 155 Å². The van der Waals surface area contributed by atoms with Gasteiger partial charge in [0.15, 0.2) is 12.2 Å². The summed E-state index contributed by atoms with van der Waals surface area (Å²) >= 11 is 0. The van der Waals surface area contributed by atoms with E-state index in [-0.39, 0.29) is 24.8 Å². The van der Waals surface area contributed by atoms with Crippen molar-refractivity contribution in [3.8, 4) is 0 Å². The lowest BCUT2D eigenvalue weighted by molar-refractivity contribution is -0.873. The first-order chi connectivity index (χ1) is 25.5. The summed E-state index contributed by atoms with van der Waals surface area (Å²) in [6, 6.07) is 0. The number of likely N-dealkylation sites (N-methyl/N-ethyl adjacent to an activating group) is 2. The number of carboxylic acid groups (broad SMARTS) is 2. The Morgan fingerprint density at radius 3 is 0.833 bits per heavy atom. The number of hydrogen-bond donors (Lipinski definition) is 0. The molecule has 0 spiro atoms. The highest BCUT2D eigenvalue weighted by Gasteiger charge is 2.23. The fourth-order valence-electron chi connectivity index (χ4n) is 6.59. The summed E-state index contributed by atoms with van der Waals surface area (Å²) in [5, 5.41) is 21.7. The number of esters is 2. The van der Waals surface area contributed by atoms with Gasteiger partial charge in [-0.15, -0.1) is 0 Å². The van der Waals surface area contributed by atoms with Crippen molar-refractivity contribution < 1.29 is 47.8 Å². The lowest BCUT2D eigenvalue weighted by Gasteiger charge is -2.29. The van der Waals surface area contributed by atoms with Crippen LogP contribution in [0.3, 0.4) is 0 Å². The lowest BCUT2D eigenvalue weighted by atomic mass is 10.0. The highest BCUT2D eigenvalue weighted by molar-refractivity contribution is 5.71. The third kappa shape index (κ3) is 44.2. The number of carboxylic acids is 2. The Hall–Kier alpha value is -2.20. The van der Waals surface area contributed by atoms with Gasteiger partial charge in [0.2, 0.25) is 0 Å². The van der Waals surface area contributed by atoms with E-state index in [1.54, 1.807) is 0 Å². The summed E-state index contributed by atoms with van der Waals surface area (Å²) in [4.78, 5) is 45.6. The topological polar surface area (TPSA) is 133 Å². The number of aliphatic carboxylic acids is 2. The third-order valence-corrected chi connectivity index (χ3v) is 9.36. The van der Waals surface area contributed by atoms with Crippen LogP contribution in [0.4, 0.5) is 0 Å². The van der Waals surface area contributed by atoms with E-state index in [0.717, 1.165) is 38.5 Å². The molecule has 0 aromatic carbocycles. The fourth-order valence-corrected chi connectivity index (χ4v) is 6.59. The molecule has 2 atom stereocenters. The molecule has 0 aliphatic heterocycles. The van der Waals surface area contributed by atoms with Crippen LogP contribution in [0.15, 0.2) is 0 Å². The van der Waals surface area contributed by atoms with Gasteiger partial charge >= 0.3 is 11.9 Å². The van der Waals surface area contributed by atoms with Gasteiger partial charge in [-0.3, -0.25) is 9.59 Å². The molecule has 10 nitrogen and oxygen atoms in total. The number of ether oxygens (including phenoxy) is 2. The molecule has 0 bridgehead atoms. The molecular formula is C44H86N2O8. The Kier molecular flexibility index (Phi) is 35.2. The summed E-state index contributed by atoms with van der Waals surface area (Å²) in [7, 11) is 11.7. The van der Waals surface area contributed by atoms with Gasteiger partial charge in [-0.25, -0.2) is 0 Å². The summed E-state index contributed by atoms with van der Waals surface area (Å²) in [6.45, 7) is 5.43. The Bertz CT molecular complexity index is 929. The minimum Gasteiger partial charge on any atom is -0.550 e. The molecule has 2 unspecified atom stereocenters. The van der Waals surface area contributed by atoms with Crippen LogP contribution in [-0.4, -0.2) is 100 Å². The van der Waals surface area contributed by atoms with Crippen molar-refractivity contribution in [2.75, 3.05) is 55.4 Å². The molecule has 0 aromatic heterocycles. The molecule has 0 rings (SSSR count). The minimum atomic E-state index is -1.18. The van der Waals surface area contributed by atoms with Crippen molar-refractivity contribution in [3.63, 3.8) is 0 Å². The van der Waals surface area contributed by atoms with E-state index in [4.69, 9.17) is 9.47 Å². The average Bonchev–Trinajstić information content (AvgIpc) is 3.04. The fraction of sp³-hybridized carbons (Fsp3) is 0.909. The van der Waals surface area contributed by atoms with Crippen LogP contribution in [0.25, 0.3) is 0 Å². The van der Waals surface area contributed by atoms with Gasteiger partial charge < -0.3 is 38.2 Å². The average molecular weight is 771 g/mol. The monoisotopic (exact) mass is 771 g/mol. The first kappa shape index (κ1) is 53.9. The minimum absolute atomic E-state index is 0.236. The molecule has 0 saturated carbocycles. The van der Waals surface area contributed by atoms with Crippen LogP contribution in [0.5, 0.6) is 0 Å². The van der Waals surface area contributed by atoms with Gasteiger partial charge in [0.1, 0.15) is 13.1 Å². The van der Waals surface area contributed by atoms with Crippen LogP contribution in [-0.2, 0) is 28.7 Å². The van der Waals surface area contributed by atoms with Gasteiger partial charge in [0, 0.05) is 37.6 Å². The molecule has 0 aromatic rings. The van der Waals surface area contributed by atoms with Crippen LogP contribution in [0, 0.1) is 0 Å². The van der Waals surface area contributed by atoms with Gasteiger partial charge in [0.05, 0.1) is 42.3 Å². The molecule has 0 heterocycles.